The number of aromatic nitrogens is 2. The molecule has 0 saturated carbocycles. The van der Waals surface area contributed by atoms with Crippen LogP contribution >= 0.6 is 0 Å². The van der Waals surface area contributed by atoms with Gasteiger partial charge in [0.1, 0.15) is 17.5 Å². The predicted octanol–water partition coefficient (Wildman–Crippen LogP) is 1.12. The first kappa shape index (κ1) is 12.7. The summed E-state index contributed by atoms with van der Waals surface area (Å²) in [4.78, 5) is 10.5. The third kappa shape index (κ3) is 3.34. The minimum Gasteiger partial charge on any atom is -0.384 e. The molecule has 0 saturated heterocycles. The van der Waals surface area contributed by atoms with Gasteiger partial charge in [0.25, 0.3) is 0 Å². The van der Waals surface area contributed by atoms with E-state index in [0.29, 0.717) is 11.6 Å². The molecule has 0 aliphatic heterocycles. The molecule has 0 bridgehead atoms. The topological polar surface area (TPSA) is 67.1 Å². The second-order valence-electron chi connectivity index (χ2n) is 4.79. The van der Waals surface area contributed by atoms with Crippen molar-refractivity contribution in [3.8, 4) is 0 Å². The number of nitrogens with two attached hydrogens (primary N) is 1. The third-order valence-electron chi connectivity index (χ3n) is 2.77. The number of nitrogen functional groups attached to an aromatic ring is 1. The average Bonchev–Trinajstić information content (AvgIpc) is 2.13. The van der Waals surface area contributed by atoms with Gasteiger partial charge in [0.15, 0.2) is 0 Å². The highest BCUT2D eigenvalue weighted by Crippen LogP contribution is 2.13. The number of hydrogen-bond acceptors (Lipinski definition) is 5. The Bertz CT molecular complexity index is 339. The maximum atomic E-state index is 5.66. The van der Waals surface area contributed by atoms with Gasteiger partial charge >= 0.3 is 0 Å². The van der Waals surface area contributed by atoms with Gasteiger partial charge in [-0.3, -0.25) is 0 Å². The lowest BCUT2D eigenvalue weighted by Gasteiger charge is -2.32. The van der Waals surface area contributed by atoms with E-state index in [0.717, 1.165) is 12.4 Å². The van der Waals surface area contributed by atoms with Crippen molar-refractivity contribution in [1.82, 2.24) is 14.9 Å². The Morgan fingerprint density at radius 2 is 2.00 bits per heavy atom. The zero-order chi connectivity index (χ0) is 12.3. The zero-order valence-corrected chi connectivity index (χ0v) is 10.7. The van der Waals surface area contributed by atoms with Gasteiger partial charge in [0.05, 0.1) is 0 Å². The van der Waals surface area contributed by atoms with Crippen molar-refractivity contribution in [3.63, 3.8) is 0 Å². The summed E-state index contributed by atoms with van der Waals surface area (Å²) >= 11 is 0. The number of nitrogens with zero attached hydrogens (tertiary/aromatic N) is 3. The Labute approximate surface area is 97.1 Å². The lowest BCUT2D eigenvalue weighted by Crippen LogP contribution is -2.44. The molecule has 0 spiro atoms. The lowest BCUT2D eigenvalue weighted by molar-refractivity contribution is 0.210. The quantitative estimate of drug-likeness (QED) is 0.800. The molecule has 0 fully saturated rings. The molecule has 0 aliphatic carbocycles. The van der Waals surface area contributed by atoms with E-state index < -0.39 is 0 Å². The summed E-state index contributed by atoms with van der Waals surface area (Å²) in [5.74, 6) is 1.96. The molecule has 1 heterocycles. The SMILES string of the molecule is Cc1nc(N)cc(NCC(C)(C)N(C)C)n1. The highest BCUT2D eigenvalue weighted by Gasteiger charge is 2.20. The van der Waals surface area contributed by atoms with Crippen LogP contribution in [0.1, 0.15) is 19.7 Å². The fourth-order valence-electron chi connectivity index (χ4n) is 1.15. The molecule has 0 atom stereocenters. The Morgan fingerprint density at radius 1 is 1.38 bits per heavy atom. The van der Waals surface area contributed by atoms with Crippen LogP contribution in [-0.2, 0) is 0 Å². The Balaban J connectivity index is 2.68. The molecule has 3 N–H and O–H groups in total. The fraction of sp³-hybridized carbons (Fsp3) is 0.636. The molecule has 1 rings (SSSR count). The standard InChI is InChI=1S/C11H21N5/c1-8-14-9(12)6-10(15-8)13-7-11(2,3)16(4)5/h6H,7H2,1-5H3,(H3,12,13,14,15). The van der Waals surface area contributed by atoms with Gasteiger partial charge in [-0.25, -0.2) is 9.97 Å². The van der Waals surface area contributed by atoms with Crippen molar-refractivity contribution in [2.24, 2.45) is 0 Å². The van der Waals surface area contributed by atoms with Crippen molar-refractivity contribution >= 4 is 11.6 Å². The Morgan fingerprint density at radius 3 is 2.50 bits per heavy atom. The predicted molar refractivity (Wildman–Crippen MR) is 67.4 cm³/mol. The number of aryl methyl sites for hydroxylation is 1. The monoisotopic (exact) mass is 223 g/mol. The van der Waals surface area contributed by atoms with E-state index >= 15 is 0 Å². The van der Waals surface area contributed by atoms with E-state index in [1.54, 1.807) is 6.07 Å². The summed E-state index contributed by atoms with van der Waals surface area (Å²) in [6, 6.07) is 1.75. The van der Waals surface area contributed by atoms with Gasteiger partial charge in [-0.05, 0) is 34.9 Å². The van der Waals surface area contributed by atoms with Crippen molar-refractivity contribution in [2.75, 3.05) is 31.7 Å². The maximum absolute atomic E-state index is 5.66. The molecule has 0 aliphatic rings. The van der Waals surface area contributed by atoms with Gasteiger partial charge in [0.2, 0.25) is 0 Å². The van der Waals surface area contributed by atoms with E-state index in [4.69, 9.17) is 5.73 Å². The molecule has 5 heteroatoms. The number of hydrogen-bond donors (Lipinski definition) is 2. The highest BCUT2D eigenvalue weighted by molar-refractivity contribution is 5.44. The van der Waals surface area contributed by atoms with E-state index in [9.17, 15) is 0 Å². The first-order valence-corrected chi connectivity index (χ1v) is 5.34. The first-order valence-electron chi connectivity index (χ1n) is 5.34. The van der Waals surface area contributed by atoms with Crippen molar-refractivity contribution < 1.29 is 0 Å². The van der Waals surface area contributed by atoms with Crippen LogP contribution in [0.25, 0.3) is 0 Å². The van der Waals surface area contributed by atoms with Crippen molar-refractivity contribution in [3.05, 3.63) is 11.9 Å². The van der Waals surface area contributed by atoms with Crippen LogP contribution in [0.3, 0.4) is 0 Å². The largest absolute Gasteiger partial charge is 0.384 e. The number of rotatable bonds is 4. The van der Waals surface area contributed by atoms with Crippen LogP contribution in [0.4, 0.5) is 11.6 Å². The van der Waals surface area contributed by atoms with Gasteiger partial charge < -0.3 is 16.0 Å². The van der Waals surface area contributed by atoms with Crippen LogP contribution in [0, 0.1) is 6.92 Å². The summed E-state index contributed by atoms with van der Waals surface area (Å²) in [7, 11) is 4.11. The minimum absolute atomic E-state index is 0.0631. The van der Waals surface area contributed by atoms with Crippen LogP contribution in [-0.4, -0.2) is 41.0 Å². The maximum Gasteiger partial charge on any atom is 0.131 e. The second kappa shape index (κ2) is 4.65. The van der Waals surface area contributed by atoms with E-state index in [1.807, 2.05) is 6.92 Å². The fourth-order valence-corrected chi connectivity index (χ4v) is 1.15. The lowest BCUT2D eigenvalue weighted by atomic mass is 10.0. The average molecular weight is 223 g/mol. The molecular weight excluding hydrogens is 202 g/mol. The van der Waals surface area contributed by atoms with Gasteiger partial charge in [-0.15, -0.1) is 0 Å². The third-order valence-corrected chi connectivity index (χ3v) is 2.77. The highest BCUT2D eigenvalue weighted by atomic mass is 15.2. The number of likely N-dealkylation sites (N-methyl/N-ethyl adjacent to an activating group) is 1. The summed E-state index contributed by atoms with van der Waals surface area (Å²) in [6.45, 7) is 6.96. The van der Waals surface area contributed by atoms with Crippen molar-refractivity contribution in [1.29, 1.82) is 0 Å². The smallest absolute Gasteiger partial charge is 0.131 e. The molecule has 0 aromatic carbocycles. The summed E-state index contributed by atoms with van der Waals surface area (Å²) in [6.07, 6.45) is 0. The molecule has 1 aromatic heterocycles. The van der Waals surface area contributed by atoms with Gasteiger partial charge in [-0.2, -0.15) is 0 Å². The van der Waals surface area contributed by atoms with Crippen molar-refractivity contribution in [2.45, 2.75) is 26.3 Å². The summed E-state index contributed by atoms with van der Waals surface area (Å²) < 4.78 is 0. The Hall–Kier alpha value is -1.36. The molecule has 5 nitrogen and oxygen atoms in total. The molecule has 90 valence electrons. The van der Waals surface area contributed by atoms with E-state index in [-0.39, 0.29) is 5.54 Å². The molecule has 0 amide bonds. The number of nitrogens with one attached hydrogen (secondary N) is 1. The molecule has 16 heavy (non-hydrogen) atoms. The molecule has 1 aromatic rings. The van der Waals surface area contributed by atoms with Gasteiger partial charge in [0, 0.05) is 18.2 Å². The van der Waals surface area contributed by atoms with E-state index in [1.165, 1.54) is 0 Å². The zero-order valence-electron chi connectivity index (χ0n) is 10.7. The summed E-state index contributed by atoms with van der Waals surface area (Å²) in [5.41, 5.74) is 5.72. The van der Waals surface area contributed by atoms with Crippen LogP contribution < -0.4 is 11.1 Å². The summed E-state index contributed by atoms with van der Waals surface area (Å²) in [5, 5.41) is 3.28. The van der Waals surface area contributed by atoms with Crippen LogP contribution in [0.2, 0.25) is 0 Å². The minimum atomic E-state index is 0.0631. The molecule has 0 radical (unpaired) electrons. The first-order chi connectivity index (χ1) is 7.31. The molecule has 0 unspecified atom stereocenters. The van der Waals surface area contributed by atoms with E-state index in [2.05, 4.69) is 48.1 Å². The van der Waals surface area contributed by atoms with Gasteiger partial charge in [-0.1, -0.05) is 0 Å². The Kier molecular flexibility index (Phi) is 3.70. The number of anilines is 2. The molecular formula is C11H21N5. The van der Waals surface area contributed by atoms with Crippen LogP contribution in [0.15, 0.2) is 6.07 Å². The normalized spacial score (nSPS) is 11.9. The van der Waals surface area contributed by atoms with Crippen LogP contribution in [0.5, 0.6) is 0 Å². The second-order valence-corrected chi connectivity index (χ2v) is 4.79.